The lowest BCUT2D eigenvalue weighted by Gasteiger charge is -2.25. The van der Waals surface area contributed by atoms with Crippen molar-refractivity contribution in [2.75, 3.05) is 43.4 Å². The van der Waals surface area contributed by atoms with Gasteiger partial charge in [-0.1, -0.05) is 24.3 Å². The molecule has 3 N–H and O–H groups in total. The van der Waals surface area contributed by atoms with Crippen LogP contribution in [0.3, 0.4) is 0 Å². The number of halogens is 2. The number of fused-ring (bicyclic) bond motifs is 2. The highest BCUT2D eigenvalue weighted by Crippen LogP contribution is 2.26. The number of hydrogen-bond donors (Lipinski definition) is 3. The van der Waals surface area contributed by atoms with Gasteiger partial charge in [-0.25, -0.2) is 18.6 Å². The Morgan fingerprint density at radius 3 is 2.74 bits per heavy atom. The lowest BCUT2D eigenvalue weighted by atomic mass is 10.1. The maximum Gasteiger partial charge on any atom is 0.326 e. The first-order valence-electron chi connectivity index (χ1n) is 14.9. The molecule has 0 bridgehead atoms. The molecule has 0 amide bonds. The van der Waals surface area contributed by atoms with E-state index in [-0.39, 0.29) is 12.4 Å². The second-order valence-electron chi connectivity index (χ2n) is 11.1. The number of nitrogens with one attached hydrogen (secondary N) is 2. The number of carbonyl (C=O) groups is 1. The molecule has 0 saturated carbocycles. The number of pyridine rings is 1. The van der Waals surface area contributed by atoms with Gasteiger partial charge in [-0.05, 0) is 62.8 Å². The van der Waals surface area contributed by atoms with Crippen LogP contribution >= 0.6 is 0 Å². The zero-order valence-electron chi connectivity index (χ0n) is 24.5. The number of unbranched alkanes of at least 4 members (excludes halogenated alkanes) is 1. The van der Waals surface area contributed by atoms with Crippen LogP contribution in [0.5, 0.6) is 5.75 Å². The van der Waals surface area contributed by atoms with Crippen molar-refractivity contribution >= 4 is 28.4 Å². The van der Waals surface area contributed by atoms with Crippen molar-refractivity contribution in [3.63, 3.8) is 0 Å². The van der Waals surface area contributed by atoms with Crippen LogP contribution in [0.25, 0.3) is 10.9 Å². The summed E-state index contributed by atoms with van der Waals surface area (Å²) < 4.78 is 34.9. The second-order valence-corrected chi connectivity index (χ2v) is 11.1. The third-order valence-corrected chi connectivity index (χ3v) is 7.88. The van der Waals surface area contributed by atoms with Crippen LogP contribution < -0.4 is 15.4 Å². The number of aliphatic carboxylic acids is 1. The minimum absolute atomic E-state index is 0.130. The van der Waals surface area contributed by atoms with Gasteiger partial charge in [-0.3, -0.25) is 4.90 Å². The molecular weight excluding hydrogens is 552 g/mol. The second kappa shape index (κ2) is 14.3. The zero-order valence-corrected chi connectivity index (χ0v) is 24.5. The molecule has 0 spiro atoms. The molecule has 8 nitrogen and oxygen atoms in total. The average Bonchev–Trinajstić information content (AvgIpc) is 3.31. The minimum Gasteiger partial charge on any atom is -0.492 e. The summed E-state index contributed by atoms with van der Waals surface area (Å²) in [5, 5.41) is 17.6. The number of hydrogen-bond acceptors (Lipinski definition) is 6. The van der Waals surface area contributed by atoms with Gasteiger partial charge in [0.25, 0.3) is 0 Å². The van der Waals surface area contributed by atoms with Gasteiger partial charge in [0.2, 0.25) is 0 Å². The highest BCUT2D eigenvalue weighted by atomic mass is 19.1. The lowest BCUT2D eigenvalue weighted by Crippen LogP contribution is -2.37. The molecule has 0 aliphatic carbocycles. The summed E-state index contributed by atoms with van der Waals surface area (Å²) in [6.45, 7) is 2.89. The Morgan fingerprint density at radius 2 is 1.93 bits per heavy atom. The fraction of sp³-hybridized carbons (Fsp3) is 0.394. The van der Waals surface area contributed by atoms with E-state index in [4.69, 9.17) is 9.72 Å². The van der Waals surface area contributed by atoms with Crippen molar-refractivity contribution < 1.29 is 23.4 Å². The van der Waals surface area contributed by atoms with Gasteiger partial charge in [0, 0.05) is 67.7 Å². The monoisotopic (exact) mass is 591 g/mol. The molecule has 0 fully saturated rings. The summed E-state index contributed by atoms with van der Waals surface area (Å²) >= 11 is 0. The van der Waals surface area contributed by atoms with Crippen molar-refractivity contribution in [2.45, 2.75) is 44.6 Å². The first-order chi connectivity index (χ1) is 20.9. The highest BCUT2D eigenvalue weighted by molar-refractivity contribution is 5.94. The summed E-state index contributed by atoms with van der Waals surface area (Å²) in [5.41, 5.74) is 4.12. The normalized spacial score (nSPS) is 13.5. The van der Waals surface area contributed by atoms with Crippen molar-refractivity contribution in [3.8, 4) is 5.75 Å². The number of carboxylic acid groups (broad SMARTS) is 1. The third-order valence-electron chi connectivity index (χ3n) is 7.88. The topological polar surface area (TPSA) is 91.7 Å². The lowest BCUT2D eigenvalue weighted by molar-refractivity contribution is -0.138. The number of ether oxygens (including phenoxy) is 1. The Hall–Kier alpha value is -4.18. The molecule has 0 saturated heterocycles. The fourth-order valence-electron chi connectivity index (χ4n) is 5.60. The van der Waals surface area contributed by atoms with E-state index in [2.05, 4.69) is 27.7 Å². The number of aromatic nitrogens is 2. The van der Waals surface area contributed by atoms with E-state index in [0.29, 0.717) is 19.5 Å². The van der Waals surface area contributed by atoms with Crippen molar-refractivity contribution in [3.05, 3.63) is 83.7 Å². The van der Waals surface area contributed by atoms with Crippen molar-refractivity contribution in [1.82, 2.24) is 14.5 Å². The summed E-state index contributed by atoms with van der Waals surface area (Å²) in [6, 6.07) is 14.5. The molecule has 5 rings (SSSR count). The quantitative estimate of drug-likeness (QED) is 0.149. The summed E-state index contributed by atoms with van der Waals surface area (Å²) in [6.07, 6.45) is 7.12. The minimum atomic E-state index is -0.925. The van der Waals surface area contributed by atoms with E-state index in [9.17, 15) is 18.7 Å². The van der Waals surface area contributed by atoms with Gasteiger partial charge in [0.15, 0.2) is 0 Å². The Balaban J connectivity index is 1.19. The molecule has 2 aromatic heterocycles. The number of rotatable bonds is 15. The van der Waals surface area contributed by atoms with Crippen LogP contribution in [0.1, 0.15) is 36.9 Å². The van der Waals surface area contributed by atoms with Gasteiger partial charge in [-0.2, -0.15) is 0 Å². The van der Waals surface area contributed by atoms with Gasteiger partial charge in [0.1, 0.15) is 35.9 Å². The average molecular weight is 592 g/mol. The van der Waals surface area contributed by atoms with Gasteiger partial charge in [-0.15, -0.1) is 0 Å². The molecule has 43 heavy (non-hydrogen) atoms. The SMILES string of the molecule is Cn1cc(N[C@@H](CCN(CCCCc2ccc3c(n2)NCCC3)CCOc2cc(F)cc(F)c2)C(=O)O)c2ccccc21. The van der Waals surface area contributed by atoms with E-state index in [0.717, 1.165) is 91.5 Å². The molecule has 0 radical (unpaired) electrons. The van der Waals surface area contributed by atoms with E-state index in [1.807, 2.05) is 42.1 Å². The number of benzene rings is 2. The summed E-state index contributed by atoms with van der Waals surface area (Å²) in [5.74, 6) is -1.19. The Morgan fingerprint density at radius 1 is 1.12 bits per heavy atom. The van der Waals surface area contributed by atoms with E-state index < -0.39 is 23.6 Å². The molecular formula is C33H39F2N5O3. The van der Waals surface area contributed by atoms with Gasteiger partial charge < -0.3 is 25.0 Å². The predicted octanol–water partition coefficient (Wildman–Crippen LogP) is 5.87. The first-order valence-corrected chi connectivity index (χ1v) is 14.9. The van der Waals surface area contributed by atoms with Crippen LogP contribution in [0, 0.1) is 11.6 Å². The Kier molecular flexibility index (Phi) is 10.1. The highest BCUT2D eigenvalue weighted by Gasteiger charge is 2.21. The van der Waals surface area contributed by atoms with E-state index in [1.54, 1.807) is 0 Å². The Labute approximate surface area is 250 Å². The molecule has 1 atom stereocenters. The number of nitrogens with zero attached hydrogens (tertiary/aromatic N) is 3. The van der Waals surface area contributed by atoms with Crippen LogP contribution in [0.2, 0.25) is 0 Å². The third kappa shape index (κ3) is 8.22. The number of aryl methyl sites for hydroxylation is 3. The summed E-state index contributed by atoms with van der Waals surface area (Å²) in [4.78, 5) is 19.2. The first kappa shape index (κ1) is 30.3. The van der Waals surface area contributed by atoms with Crippen molar-refractivity contribution in [2.24, 2.45) is 7.05 Å². The van der Waals surface area contributed by atoms with Crippen LogP contribution in [-0.2, 0) is 24.7 Å². The van der Waals surface area contributed by atoms with Gasteiger partial charge >= 0.3 is 5.97 Å². The van der Waals surface area contributed by atoms with Crippen LogP contribution in [0.4, 0.5) is 20.3 Å². The Bertz CT molecular complexity index is 1520. The summed E-state index contributed by atoms with van der Waals surface area (Å²) in [7, 11) is 1.94. The van der Waals surface area contributed by atoms with Crippen LogP contribution in [-0.4, -0.2) is 64.4 Å². The largest absolute Gasteiger partial charge is 0.492 e. The molecule has 1 aliphatic rings. The number of anilines is 2. The maximum absolute atomic E-state index is 13.6. The predicted molar refractivity (Wildman–Crippen MR) is 165 cm³/mol. The van der Waals surface area contributed by atoms with Crippen molar-refractivity contribution in [1.29, 1.82) is 0 Å². The number of carboxylic acids is 1. The fourth-order valence-corrected chi connectivity index (χ4v) is 5.60. The zero-order chi connectivity index (χ0) is 30.2. The maximum atomic E-state index is 13.6. The smallest absolute Gasteiger partial charge is 0.326 e. The van der Waals surface area contributed by atoms with E-state index in [1.165, 1.54) is 5.56 Å². The molecule has 2 aromatic carbocycles. The van der Waals surface area contributed by atoms with E-state index >= 15 is 0 Å². The molecule has 3 heterocycles. The molecule has 0 unspecified atom stereocenters. The molecule has 10 heteroatoms. The molecule has 4 aromatic rings. The molecule has 228 valence electrons. The number of para-hydroxylation sites is 1. The van der Waals surface area contributed by atoms with Gasteiger partial charge in [0.05, 0.1) is 5.69 Å². The standard InChI is InChI=1S/C33H39F2N5O3/c1-39-22-30(28-9-2-3-10-31(28)39)38-29(33(41)42)13-16-40(17-18-43-27-20-24(34)19-25(35)21-27)15-5-4-8-26-12-11-23-7-6-14-36-32(23)37-26/h2-3,9-12,19-22,29,38H,4-8,13-18H2,1H3,(H,36,37)(H,41,42)/t29-/m0/s1. The molecule has 1 aliphatic heterocycles. The van der Waals surface area contributed by atoms with Crippen LogP contribution in [0.15, 0.2) is 60.8 Å².